The van der Waals surface area contributed by atoms with Crippen LogP contribution in [-0.4, -0.2) is 9.13 Å². The monoisotopic (exact) mass is 602 g/mol. The molecule has 2 aromatic heterocycles. The normalized spacial score (nSPS) is 12.0. The Hall–Kier alpha value is -5.86. The molecule has 0 fully saturated rings. The van der Waals surface area contributed by atoms with Crippen LogP contribution in [0, 0.1) is 6.92 Å². The summed E-state index contributed by atoms with van der Waals surface area (Å²) in [6.45, 7) is 2.15. The number of para-hydroxylation sites is 2. The van der Waals surface area contributed by atoms with Crippen molar-refractivity contribution in [2.45, 2.75) is 13.3 Å². The van der Waals surface area contributed by atoms with Crippen LogP contribution in [0.5, 0.6) is 0 Å². The third-order valence-electron chi connectivity index (χ3n) is 9.89. The van der Waals surface area contributed by atoms with E-state index in [-0.39, 0.29) is 0 Å². The Labute approximate surface area is 274 Å². The minimum absolute atomic E-state index is 1.10. The van der Waals surface area contributed by atoms with Crippen LogP contribution in [0.4, 0.5) is 0 Å². The highest BCUT2D eigenvalue weighted by Crippen LogP contribution is 2.38. The molecule has 0 saturated carbocycles. The highest BCUT2D eigenvalue weighted by Gasteiger charge is 2.16. The van der Waals surface area contributed by atoms with Crippen molar-refractivity contribution >= 4 is 43.6 Å². The van der Waals surface area contributed by atoms with E-state index in [1.807, 2.05) is 0 Å². The van der Waals surface area contributed by atoms with Crippen LogP contribution in [0.2, 0.25) is 0 Å². The molecule has 1 aliphatic rings. The smallest absolute Gasteiger partial charge is 0.0541 e. The molecule has 2 heteroatoms. The van der Waals surface area contributed by atoms with Crippen LogP contribution in [0.15, 0.2) is 158 Å². The molecule has 0 atom stereocenters. The molecule has 0 radical (unpaired) electrons. The molecule has 224 valence electrons. The number of benzene rings is 7. The molecule has 2 nitrogen and oxygen atoms in total. The van der Waals surface area contributed by atoms with Gasteiger partial charge in [-0.05, 0) is 101 Å². The molecule has 0 unspecified atom stereocenters. The van der Waals surface area contributed by atoms with Gasteiger partial charge in [0.15, 0.2) is 0 Å². The van der Waals surface area contributed by atoms with E-state index in [1.165, 1.54) is 88.2 Å². The lowest BCUT2D eigenvalue weighted by Crippen LogP contribution is -1.94. The first kappa shape index (κ1) is 27.5. The van der Waals surface area contributed by atoms with E-state index in [1.54, 1.807) is 0 Å². The molecule has 7 aromatic carbocycles. The first-order valence-corrected chi connectivity index (χ1v) is 16.4. The third-order valence-corrected chi connectivity index (χ3v) is 9.89. The molecule has 47 heavy (non-hydrogen) atoms. The zero-order chi connectivity index (χ0) is 31.5. The number of hydrogen-bond donors (Lipinski definition) is 0. The summed E-state index contributed by atoms with van der Waals surface area (Å²) in [6, 6.07) is 57.2. The van der Waals surface area contributed by atoms with Crippen molar-refractivity contribution < 1.29 is 0 Å². The van der Waals surface area contributed by atoms with E-state index >= 15 is 0 Å². The fourth-order valence-corrected chi connectivity index (χ4v) is 7.62. The van der Waals surface area contributed by atoms with Gasteiger partial charge in [-0.15, -0.1) is 0 Å². The van der Waals surface area contributed by atoms with Crippen molar-refractivity contribution in [1.29, 1.82) is 0 Å². The minimum atomic E-state index is 1.10. The maximum Gasteiger partial charge on any atom is 0.0541 e. The Morgan fingerprint density at radius 2 is 0.936 bits per heavy atom. The predicted octanol–water partition coefficient (Wildman–Crippen LogP) is 11.7. The van der Waals surface area contributed by atoms with E-state index in [9.17, 15) is 0 Å². The number of aryl methyl sites for hydroxylation is 2. The number of rotatable bonds is 2. The van der Waals surface area contributed by atoms with Gasteiger partial charge in [0.25, 0.3) is 0 Å². The standard InChI is InChI=1S/C32H24N2.C13H10/c1-21-8-7-9-24(18-21)34-31-13-6-4-11-26(31)28-20-23(15-17-32(28)34)22-14-16-30-27(19-22)25-10-3-5-12-29(25)33(30)2;1-3-7-12-10(5-1)9-11-6-2-4-8-13(11)12/h3-20H,1-2H3;1-8H,9H2. The summed E-state index contributed by atoms with van der Waals surface area (Å²) in [5, 5.41) is 5.18. The van der Waals surface area contributed by atoms with Gasteiger partial charge in [-0.2, -0.15) is 0 Å². The van der Waals surface area contributed by atoms with Crippen LogP contribution >= 0.6 is 0 Å². The van der Waals surface area contributed by atoms with Gasteiger partial charge in [0.2, 0.25) is 0 Å². The zero-order valence-corrected chi connectivity index (χ0v) is 26.6. The SMILES string of the molecule is Cc1cccc(-n2c3ccccc3c3cc(-c4ccc5c(c4)c4ccccc4n5C)ccc32)c1.c1ccc2c(c1)Cc1ccccc1-2. The highest BCUT2D eigenvalue weighted by atomic mass is 15.0. The van der Waals surface area contributed by atoms with Gasteiger partial charge >= 0.3 is 0 Å². The molecule has 9 aromatic rings. The molecule has 0 amide bonds. The van der Waals surface area contributed by atoms with E-state index in [2.05, 4.69) is 181 Å². The summed E-state index contributed by atoms with van der Waals surface area (Å²) >= 11 is 0. The van der Waals surface area contributed by atoms with Crippen LogP contribution in [0.3, 0.4) is 0 Å². The molecule has 0 bridgehead atoms. The topological polar surface area (TPSA) is 9.86 Å². The summed E-state index contributed by atoms with van der Waals surface area (Å²) in [6.07, 6.45) is 1.10. The molecule has 0 aliphatic heterocycles. The lowest BCUT2D eigenvalue weighted by atomic mass is 10.0. The molecular weight excluding hydrogens is 569 g/mol. The van der Waals surface area contributed by atoms with Crippen molar-refractivity contribution in [2.75, 3.05) is 0 Å². The summed E-state index contributed by atoms with van der Waals surface area (Å²) < 4.78 is 4.67. The largest absolute Gasteiger partial charge is 0.344 e. The second-order valence-corrected chi connectivity index (χ2v) is 12.7. The maximum absolute atomic E-state index is 2.38. The van der Waals surface area contributed by atoms with Crippen LogP contribution < -0.4 is 0 Å². The fraction of sp³-hybridized carbons (Fsp3) is 0.0667. The third kappa shape index (κ3) is 4.48. The summed E-state index contributed by atoms with van der Waals surface area (Å²) in [5.74, 6) is 0. The van der Waals surface area contributed by atoms with Gasteiger partial charge < -0.3 is 9.13 Å². The molecule has 10 rings (SSSR count). The lowest BCUT2D eigenvalue weighted by molar-refractivity contribution is 1.01. The first-order valence-electron chi connectivity index (χ1n) is 16.4. The van der Waals surface area contributed by atoms with E-state index in [4.69, 9.17) is 0 Å². The van der Waals surface area contributed by atoms with Crippen LogP contribution in [-0.2, 0) is 13.5 Å². The lowest BCUT2D eigenvalue weighted by Gasteiger charge is -2.09. The van der Waals surface area contributed by atoms with Gasteiger partial charge in [-0.1, -0.05) is 109 Å². The second-order valence-electron chi connectivity index (χ2n) is 12.7. The average Bonchev–Trinajstić information content (AvgIpc) is 3.76. The Kier molecular flexibility index (Phi) is 6.36. The van der Waals surface area contributed by atoms with Crippen molar-refractivity contribution in [3.05, 3.63) is 174 Å². The van der Waals surface area contributed by atoms with Crippen LogP contribution in [0.1, 0.15) is 16.7 Å². The van der Waals surface area contributed by atoms with Gasteiger partial charge in [0.1, 0.15) is 0 Å². The second kappa shape index (κ2) is 10.9. The first-order chi connectivity index (χ1) is 23.1. The van der Waals surface area contributed by atoms with Crippen molar-refractivity contribution in [2.24, 2.45) is 7.05 Å². The average molecular weight is 603 g/mol. The van der Waals surface area contributed by atoms with E-state index < -0.39 is 0 Å². The molecule has 0 N–H and O–H groups in total. The number of nitrogens with zero attached hydrogens (tertiary/aromatic N) is 2. The van der Waals surface area contributed by atoms with Gasteiger partial charge in [0, 0.05) is 45.3 Å². The summed E-state index contributed by atoms with van der Waals surface area (Å²) in [4.78, 5) is 0. The maximum atomic E-state index is 2.38. The van der Waals surface area contributed by atoms with Crippen LogP contribution in [0.25, 0.3) is 71.6 Å². The summed E-state index contributed by atoms with van der Waals surface area (Å²) in [5.41, 5.74) is 15.7. The van der Waals surface area contributed by atoms with Gasteiger partial charge in [-0.25, -0.2) is 0 Å². The number of fused-ring (bicyclic) bond motifs is 9. The van der Waals surface area contributed by atoms with Gasteiger partial charge in [-0.3, -0.25) is 0 Å². The zero-order valence-electron chi connectivity index (χ0n) is 26.6. The quantitative estimate of drug-likeness (QED) is 0.186. The number of aromatic nitrogens is 2. The molecule has 2 heterocycles. The minimum Gasteiger partial charge on any atom is -0.344 e. The molecule has 0 spiro atoms. The molecular formula is C45H34N2. The van der Waals surface area contributed by atoms with Crippen molar-refractivity contribution in [3.8, 4) is 27.9 Å². The van der Waals surface area contributed by atoms with E-state index in [0.717, 1.165) is 6.42 Å². The summed E-state index contributed by atoms with van der Waals surface area (Å²) in [7, 11) is 2.15. The van der Waals surface area contributed by atoms with Gasteiger partial charge in [0.05, 0.1) is 11.0 Å². The molecule has 0 saturated heterocycles. The Morgan fingerprint density at radius 3 is 1.62 bits per heavy atom. The molecule has 1 aliphatic carbocycles. The Balaban J connectivity index is 0.000000193. The highest BCUT2D eigenvalue weighted by molar-refractivity contribution is 6.12. The Morgan fingerprint density at radius 1 is 0.426 bits per heavy atom. The van der Waals surface area contributed by atoms with E-state index in [0.29, 0.717) is 0 Å². The van der Waals surface area contributed by atoms with Crippen molar-refractivity contribution in [1.82, 2.24) is 9.13 Å². The predicted molar refractivity (Wildman–Crippen MR) is 200 cm³/mol. The Bertz CT molecular complexity index is 2590. The van der Waals surface area contributed by atoms with Crippen molar-refractivity contribution in [3.63, 3.8) is 0 Å². The number of hydrogen-bond acceptors (Lipinski definition) is 0. The fourth-order valence-electron chi connectivity index (χ4n) is 7.62.